The molecule has 0 aliphatic carbocycles. The van der Waals surface area contributed by atoms with Gasteiger partial charge in [-0.2, -0.15) is 0 Å². The van der Waals surface area contributed by atoms with Gasteiger partial charge >= 0.3 is 5.04 Å². The predicted molar refractivity (Wildman–Crippen MR) is 59.5 cm³/mol. The van der Waals surface area contributed by atoms with Gasteiger partial charge in [-0.15, -0.1) is 4.79 Å². The van der Waals surface area contributed by atoms with Gasteiger partial charge < -0.3 is 10.3 Å². The van der Waals surface area contributed by atoms with Crippen LogP contribution in [0.3, 0.4) is 0 Å². The second kappa shape index (κ2) is 4.90. The maximum atomic E-state index is 11.9. The van der Waals surface area contributed by atoms with Crippen molar-refractivity contribution in [3.8, 4) is 5.75 Å². The summed E-state index contributed by atoms with van der Waals surface area (Å²) in [4.78, 5) is 13.4. The van der Waals surface area contributed by atoms with E-state index >= 15 is 0 Å². The fourth-order valence-corrected chi connectivity index (χ4v) is 2.38. The Balaban J connectivity index is 3.31. The number of hydrogen-bond donors (Lipinski definition) is 0. The van der Waals surface area contributed by atoms with E-state index in [4.69, 9.17) is 10.3 Å². The molecule has 0 radical (unpaired) electrons. The molecule has 90 valence electrons. The zero-order valence-corrected chi connectivity index (χ0v) is 10.1. The highest BCUT2D eigenvalue weighted by Gasteiger charge is 2.34. The van der Waals surface area contributed by atoms with E-state index < -0.39 is 20.7 Å². The van der Waals surface area contributed by atoms with Crippen molar-refractivity contribution >= 4 is 20.7 Å². The van der Waals surface area contributed by atoms with E-state index in [9.17, 15) is 13.2 Å². The molecule has 0 saturated carbocycles. The standard InChI is InChI=1S/C10H10N2O4S/c1-7(13)10(12-11)17(14,15)9-5-3-8(16-2)4-6-9/h3-6H,1-2H3. The van der Waals surface area contributed by atoms with E-state index in [1.54, 1.807) is 0 Å². The van der Waals surface area contributed by atoms with Gasteiger partial charge in [0, 0.05) is 6.92 Å². The third-order valence-electron chi connectivity index (χ3n) is 2.02. The fourth-order valence-electron chi connectivity index (χ4n) is 1.18. The average molecular weight is 254 g/mol. The molecule has 1 aromatic carbocycles. The second-order valence-corrected chi connectivity index (χ2v) is 5.01. The Bertz CT molecular complexity index is 583. The predicted octanol–water partition coefficient (Wildman–Crippen LogP) is 0.686. The number of Topliss-reactive ketones (excluding diaryl/α,β-unsaturated/α-hetero) is 1. The van der Waals surface area contributed by atoms with Gasteiger partial charge in [-0.1, -0.05) is 0 Å². The first-order valence-corrected chi connectivity index (χ1v) is 6.04. The Hall–Kier alpha value is -1.98. The number of rotatable bonds is 3. The Morgan fingerprint density at radius 2 is 1.82 bits per heavy atom. The number of hydrogen-bond acceptors (Lipinski definition) is 4. The van der Waals surface area contributed by atoms with Crippen LogP contribution in [0.15, 0.2) is 29.2 Å². The molecule has 0 fully saturated rings. The topological polar surface area (TPSA) is 96.8 Å². The molecule has 6 nitrogen and oxygen atoms in total. The summed E-state index contributed by atoms with van der Waals surface area (Å²) in [6.07, 6.45) is 0. The molecule has 0 saturated heterocycles. The van der Waals surface area contributed by atoms with Crippen molar-refractivity contribution in [2.75, 3.05) is 7.11 Å². The lowest BCUT2D eigenvalue weighted by Crippen LogP contribution is -2.23. The minimum Gasteiger partial charge on any atom is -0.497 e. The van der Waals surface area contributed by atoms with E-state index in [0.717, 1.165) is 6.92 Å². The lowest BCUT2D eigenvalue weighted by molar-refractivity contribution is -0.114. The first-order chi connectivity index (χ1) is 7.93. The van der Waals surface area contributed by atoms with E-state index in [1.807, 2.05) is 0 Å². The van der Waals surface area contributed by atoms with Gasteiger partial charge in [0.2, 0.25) is 0 Å². The Morgan fingerprint density at radius 3 is 2.18 bits per heavy atom. The molecule has 0 spiro atoms. The number of benzene rings is 1. The van der Waals surface area contributed by atoms with Gasteiger partial charge in [-0.25, -0.2) is 8.42 Å². The fraction of sp³-hybridized carbons (Fsp3) is 0.200. The highest BCUT2D eigenvalue weighted by Crippen LogP contribution is 2.17. The highest BCUT2D eigenvalue weighted by molar-refractivity contribution is 8.08. The van der Waals surface area contributed by atoms with Crippen LogP contribution >= 0.6 is 0 Å². The van der Waals surface area contributed by atoms with Crippen molar-refractivity contribution in [3.63, 3.8) is 0 Å². The molecule has 0 bridgehead atoms. The lowest BCUT2D eigenvalue weighted by atomic mass is 10.3. The van der Waals surface area contributed by atoms with Crippen LogP contribution < -0.4 is 4.74 Å². The summed E-state index contributed by atoms with van der Waals surface area (Å²) in [5, 5.41) is -0.886. The molecule has 0 unspecified atom stereocenters. The zero-order chi connectivity index (χ0) is 13.1. The van der Waals surface area contributed by atoms with Gasteiger partial charge in [0.05, 0.1) is 12.0 Å². The Kier molecular flexibility index (Phi) is 3.77. The van der Waals surface area contributed by atoms with Crippen LogP contribution in [0, 0.1) is 0 Å². The van der Waals surface area contributed by atoms with Crippen LogP contribution in [0.4, 0.5) is 0 Å². The smallest absolute Gasteiger partial charge is 0.451 e. The van der Waals surface area contributed by atoms with Crippen molar-refractivity contribution < 1.29 is 22.7 Å². The molecule has 0 heterocycles. The number of carbonyl (C=O) groups is 1. The first kappa shape index (κ1) is 13.1. The van der Waals surface area contributed by atoms with Crippen LogP contribution in [0.25, 0.3) is 5.53 Å². The van der Waals surface area contributed by atoms with Crippen molar-refractivity contribution in [3.05, 3.63) is 29.8 Å². The van der Waals surface area contributed by atoms with Gasteiger partial charge in [-0.3, -0.25) is 4.79 Å². The van der Waals surface area contributed by atoms with Crippen molar-refractivity contribution in [2.45, 2.75) is 11.8 Å². The molecule has 0 N–H and O–H groups in total. The summed E-state index contributed by atoms with van der Waals surface area (Å²) in [5.41, 5.74) is 8.56. The average Bonchev–Trinajstić information content (AvgIpc) is 2.29. The van der Waals surface area contributed by atoms with Gasteiger partial charge in [0.25, 0.3) is 15.6 Å². The Morgan fingerprint density at radius 1 is 1.29 bits per heavy atom. The van der Waals surface area contributed by atoms with Crippen LogP contribution in [0.1, 0.15) is 6.92 Å². The molecule has 0 amide bonds. The molecular formula is C10H10N2O4S. The minimum atomic E-state index is -4.08. The number of methoxy groups -OCH3 is 1. The quantitative estimate of drug-likeness (QED) is 0.343. The van der Waals surface area contributed by atoms with E-state index in [-0.39, 0.29) is 4.90 Å². The van der Waals surface area contributed by atoms with E-state index in [1.165, 1.54) is 31.4 Å². The third-order valence-corrected chi connectivity index (χ3v) is 3.79. The summed E-state index contributed by atoms with van der Waals surface area (Å²) >= 11 is 0. The summed E-state index contributed by atoms with van der Waals surface area (Å²) in [6.45, 7) is 1.01. The van der Waals surface area contributed by atoms with Crippen molar-refractivity contribution in [2.24, 2.45) is 0 Å². The molecule has 0 aliphatic rings. The van der Waals surface area contributed by atoms with E-state index in [2.05, 4.69) is 4.79 Å². The van der Waals surface area contributed by atoms with E-state index in [0.29, 0.717) is 5.75 Å². The largest absolute Gasteiger partial charge is 0.497 e. The van der Waals surface area contributed by atoms with Crippen LogP contribution in [0.5, 0.6) is 5.75 Å². The highest BCUT2D eigenvalue weighted by atomic mass is 32.2. The third kappa shape index (κ3) is 2.58. The normalized spacial score (nSPS) is 10.5. The van der Waals surface area contributed by atoms with Gasteiger partial charge in [-0.05, 0) is 24.3 Å². The SMILES string of the molecule is COc1ccc(S(=O)(=O)C(=[N+]=[N-])C(C)=O)cc1. The summed E-state index contributed by atoms with van der Waals surface area (Å²) < 4.78 is 28.6. The minimum absolute atomic E-state index is 0.138. The maximum Gasteiger partial charge on any atom is 0.451 e. The van der Waals surface area contributed by atoms with Crippen LogP contribution in [0.2, 0.25) is 0 Å². The number of ketones is 1. The number of nitrogens with zero attached hydrogens (tertiary/aromatic N) is 2. The number of carbonyl (C=O) groups excluding carboxylic acids is 1. The van der Waals surface area contributed by atoms with Crippen LogP contribution in [-0.2, 0) is 14.6 Å². The molecule has 1 aromatic rings. The van der Waals surface area contributed by atoms with Crippen molar-refractivity contribution in [1.82, 2.24) is 0 Å². The maximum absolute atomic E-state index is 11.9. The van der Waals surface area contributed by atoms with Crippen LogP contribution in [-0.4, -0.2) is 31.1 Å². The van der Waals surface area contributed by atoms with Gasteiger partial charge in [0.15, 0.2) is 0 Å². The molecule has 7 heteroatoms. The molecular weight excluding hydrogens is 244 g/mol. The monoisotopic (exact) mass is 254 g/mol. The first-order valence-electron chi connectivity index (χ1n) is 4.55. The molecule has 1 rings (SSSR count). The summed E-state index contributed by atoms with van der Waals surface area (Å²) in [7, 11) is -2.64. The molecule has 17 heavy (non-hydrogen) atoms. The zero-order valence-electron chi connectivity index (χ0n) is 9.25. The molecule has 0 aromatic heterocycles. The number of sulfone groups is 1. The molecule has 0 aliphatic heterocycles. The Labute approximate surface area is 98.4 Å². The van der Waals surface area contributed by atoms with Crippen molar-refractivity contribution in [1.29, 1.82) is 0 Å². The lowest BCUT2D eigenvalue weighted by Gasteiger charge is -2.01. The van der Waals surface area contributed by atoms with Gasteiger partial charge in [0.1, 0.15) is 5.75 Å². The second-order valence-electron chi connectivity index (χ2n) is 3.14. The summed E-state index contributed by atoms with van der Waals surface area (Å²) in [5.74, 6) is -0.349. The molecule has 0 atom stereocenters. The number of ether oxygens (including phenoxy) is 1. The summed E-state index contributed by atoms with van der Waals surface area (Å²) in [6, 6.07) is 5.40.